The molecule has 2 aromatic heterocycles. The van der Waals surface area contributed by atoms with Crippen molar-refractivity contribution in [3.05, 3.63) is 35.7 Å². The number of aryl methyl sites for hydroxylation is 1. The zero-order valence-electron chi connectivity index (χ0n) is 20.4. The van der Waals surface area contributed by atoms with Gasteiger partial charge < -0.3 is 20.3 Å². The number of carbonyl (C=O) groups is 1. The molecule has 1 aliphatic heterocycles. The number of nitrogens with one attached hydrogen (secondary N) is 2. The number of carbonyl (C=O) groups excluding carboxylic acids is 1. The van der Waals surface area contributed by atoms with Gasteiger partial charge in [-0.25, -0.2) is 4.98 Å². The van der Waals surface area contributed by atoms with E-state index in [9.17, 15) is 4.79 Å². The Labute approximate surface area is 194 Å². The lowest BCUT2D eigenvalue weighted by Crippen LogP contribution is -2.54. The zero-order chi connectivity index (χ0) is 23.9. The van der Waals surface area contributed by atoms with Crippen molar-refractivity contribution in [2.45, 2.75) is 52.1 Å². The second-order valence-electron chi connectivity index (χ2n) is 9.87. The van der Waals surface area contributed by atoms with Crippen LogP contribution in [0, 0.1) is 0 Å². The minimum atomic E-state index is -0.252. The van der Waals surface area contributed by atoms with Crippen molar-refractivity contribution in [3.63, 3.8) is 0 Å². The topological polar surface area (TPSA) is 97.2 Å². The number of anilines is 2. The molecule has 3 aromatic rings. The summed E-state index contributed by atoms with van der Waals surface area (Å²) in [5.41, 5.74) is 2.83. The fourth-order valence-electron chi connectivity index (χ4n) is 4.30. The summed E-state index contributed by atoms with van der Waals surface area (Å²) in [6.45, 7) is 12.3. The molecule has 33 heavy (non-hydrogen) atoms. The lowest BCUT2D eigenvalue weighted by atomic mass is 9.92. The summed E-state index contributed by atoms with van der Waals surface area (Å²) in [4.78, 5) is 24.6. The first kappa shape index (κ1) is 23.0. The van der Waals surface area contributed by atoms with Gasteiger partial charge in [0.2, 0.25) is 0 Å². The van der Waals surface area contributed by atoms with Crippen LogP contribution in [0.2, 0.25) is 0 Å². The van der Waals surface area contributed by atoms with Crippen molar-refractivity contribution in [2.24, 2.45) is 7.05 Å². The molecule has 4 rings (SSSR count). The first-order valence-electron chi connectivity index (χ1n) is 11.3. The quantitative estimate of drug-likeness (QED) is 0.629. The van der Waals surface area contributed by atoms with Crippen LogP contribution >= 0.6 is 0 Å². The third kappa shape index (κ3) is 4.64. The van der Waals surface area contributed by atoms with E-state index in [4.69, 9.17) is 4.74 Å². The molecule has 9 heteroatoms. The van der Waals surface area contributed by atoms with E-state index in [1.54, 1.807) is 10.9 Å². The average Bonchev–Trinajstić information content (AvgIpc) is 3.12. The second-order valence-corrected chi connectivity index (χ2v) is 9.87. The number of fused-ring (bicyclic) bond motifs is 1. The highest BCUT2D eigenvalue weighted by molar-refractivity contribution is 6.13. The van der Waals surface area contributed by atoms with Crippen LogP contribution in [0.25, 0.3) is 10.9 Å². The number of methoxy groups -OCH3 is 1. The Morgan fingerprint density at radius 1 is 1.21 bits per heavy atom. The minimum absolute atomic E-state index is 0.118. The molecule has 1 aromatic carbocycles. The fourth-order valence-corrected chi connectivity index (χ4v) is 4.30. The summed E-state index contributed by atoms with van der Waals surface area (Å²) in [6, 6.07) is 6.67. The maximum atomic E-state index is 13.4. The van der Waals surface area contributed by atoms with Crippen LogP contribution in [0.4, 0.5) is 11.5 Å². The molecule has 1 saturated heterocycles. The number of aromatic nitrogens is 4. The molecule has 0 unspecified atom stereocenters. The van der Waals surface area contributed by atoms with Gasteiger partial charge in [-0.15, -0.1) is 0 Å². The van der Waals surface area contributed by atoms with Crippen molar-refractivity contribution >= 4 is 28.3 Å². The van der Waals surface area contributed by atoms with Gasteiger partial charge in [0.25, 0.3) is 5.91 Å². The number of piperazine rings is 1. The molecule has 0 aliphatic carbocycles. The first-order valence-corrected chi connectivity index (χ1v) is 11.3. The summed E-state index contributed by atoms with van der Waals surface area (Å²) >= 11 is 0. The zero-order valence-corrected chi connectivity index (χ0v) is 20.4. The van der Waals surface area contributed by atoms with Crippen molar-refractivity contribution in [2.75, 3.05) is 30.4 Å². The van der Waals surface area contributed by atoms with Crippen LogP contribution in [-0.2, 0) is 12.5 Å². The van der Waals surface area contributed by atoms with Crippen LogP contribution in [0.1, 0.15) is 50.7 Å². The van der Waals surface area contributed by atoms with E-state index >= 15 is 0 Å². The van der Waals surface area contributed by atoms with Gasteiger partial charge in [0.05, 0.1) is 23.9 Å². The lowest BCUT2D eigenvalue weighted by Gasteiger charge is -2.38. The first-order chi connectivity index (χ1) is 15.6. The number of benzene rings is 1. The maximum absolute atomic E-state index is 13.4. The van der Waals surface area contributed by atoms with Gasteiger partial charge in [0, 0.05) is 61.0 Å². The molecule has 0 bridgehead atoms. The SMILES string of the molecule is COc1ncc2c(N3C[C@@H](C)N[C@@H](C)C3)ccc(C(=O)Nc3cc(C(C)(C)C)nn3C)c2n1. The molecule has 0 saturated carbocycles. The second kappa shape index (κ2) is 8.62. The molecule has 176 valence electrons. The van der Waals surface area contributed by atoms with Crippen LogP contribution in [0.3, 0.4) is 0 Å². The average molecular weight is 452 g/mol. The monoisotopic (exact) mass is 451 g/mol. The standard InChI is InChI=1S/C24H33N7O2/c1-14-12-31(13-15(2)26-14)18-9-8-16(21-17(18)11-25-23(28-21)33-7)22(32)27-20-10-19(24(3,4)5)29-30(20)6/h8-11,14-15,26H,12-13H2,1-7H3,(H,27,32)/t14-,15+. The highest BCUT2D eigenvalue weighted by Crippen LogP contribution is 2.31. The molecule has 1 aliphatic rings. The van der Waals surface area contributed by atoms with E-state index < -0.39 is 0 Å². The predicted molar refractivity (Wildman–Crippen MR) is 130 cm³/mol. The summed E-state index contributed by atoms with van der Waals surface area (Å²) in [7, 11) is 3.35. The van der Waals surface area contributed by atoms with Gasteiger partial charge in [-0.1, -0.05) is 20.8 Å². The Morgan fingerprint density at radius 2 is 1.91 bits per heavy atom. The van der Waals surface area contributed by atoms with Crippen molar-refractivity contribution in [1.82, 2.24) is 25.1 Å². The Hall–Kier alpha value is -3.20. The Bertz CT molecular complexity index is 1170. The van der Waals surface area contributed by atoms with E-state index in [2.05, 4.69) is 65.2 Å². The van der Waals surface area contributed by atoms with Crippen LogP contribution in [-0.4, -0.2) is 57.9 Å². The third-order valence-corrected chi connectivity index (χ3v) is 5.92. The molecule has 0 spiro atoms. The van der Waals surface area contributed by atoms with Crippen LogP contribution in [0.15, 0.2) is 24.4 Å². The summed E-state index contributed by atoms with van der Waals surface area (Å²) in [5, 5.41) is 11.9. The maximum Gasteiger partial charge on any atom is 0.316 e. The Balaban J connectivity index is 1.74. The normalized spacial score (nSPS) is 19.1. The molecule has 2 atom stereocenters. The van der Waals surface area contributed by atoms with E-state index in [1.165, 1.54) is 7.11 Å². The minimum Gasteiger partial charge on any atom is -0.467 e. The highest BCUT2D eigenvalue weighted by atomic mass is 16.5. The van der Waals surface area contributed by atoms with Gasteiger partial charge in [-0.2, -0.15) is 10.1 Å². The van der Waals surface area contributed by atoms with E-state index in [0.717, 1.165) is 29.9 Å². The Morgan fingerprint density at radius 3 is 2.52 bits per heavy atom. The molecular formula is C24H33N7O2. The molecular weight excluding hydrogens is 418 g/mol. The number of rotatable bonds is 4. The van der Waals surface area contributed by atoms with Crippen LogP contribution in [0.5, 0.6) is 6.01 Å². The number of amides is 1. The van der Waals surface area contributed by atoms with E-state index in [-0.39, 0.29) is 17.3 Å². The molecule has 0 radical (unpaired) electrons. The largest absolute Gasteiger partial charge is 0.467 e. The number of hydrogen-bond acceptors (Lipinski definition) is 7. The smallest absolute Gasteiger partial charge is 0.316 e. The highest BCUT2D eigenvalue weighted by Gasteiger charge is 2.25. The fraction of sp³-hybridized carbons (Fsp3) is 0.500. The van der Waals surface area contributed by atoms with Crippen molar-refractivity contribution in [1.29, 1.82) is 0 Å². The van der Waals surface area contributed by atoms with Gasteiger partial charge >= 0.3 is 6.01 Å². The number of nitrogens with zero attached hydrogens (tertiary/aromatic N) is 5. The lowest BCUT2D eigenvalue weighted by molar-refractivity contribution is 0.102. The predicted octanol–water partition coefficient (Wildman–Crippen LogP) is 3.11. The number of ether oxygens (including phenoxy) is 1. The van der Waals surface area contributed by atoms with Gasteiger partial charge in [0.1, 0.15) is 5.82 Å². The van der Waals surface area contributed by atoms with Gasteiger partial charge in [-0.3, -0.25) is 9.48 Å². The van der Waals surface area contributed by atoms with E-state index in [1.807, 2.05) is 25.2 Å². The van der Waals surface area contributed by atoms with Crippen LogP contribution < -0.4 is 20.3 Å². The van der Waals surface area contributed by atoms with Gasteiger partial charge in [-0.05, 0) is 26.0 Å². The molecule has 1 fully saturated rings. The number of hydrogen-bond donors (Lipinski definition) is 2. The van der Waals surface area contributed by atoms with E-state index in [0.29, 0.717) is 29.0 Å². The third-order valence-electron chi connectivity index (χ3n) is 5.92. The van der Waals surface area contributed by atoms with Crippen molar-refractivity contribution in [3.8, 4) is 6.01 Å². The molecule has 2 N–H and O–H groups in total. The molecule has 9 nitrogen and oxygen atoms in total. The molecule has 3 heterocycles. The van der Waals surface area contributed by atoms with Gasteiger partial charge in [0.15, 0.2) is 0 Å². The summed E-state index contributed by atoms with van der Waals surface area (Å²) in [6.07, 6.45) is 1.74. The summed E-state index contributed by atoms with van der Waals surface area (Å²) < 4.78 is 6.95. The Kier molecular flexibility index (Phi) is 6.00. The summed E-state index contributed by atoms with van der Waals surface area (Å²) in [5.74, 6) is 0.380. The van der Waals surface area contributed by atoms with Crippen molar-refractivity contribution < 1.29 is 9.53 Å². The molecule has 1 amide bonds.